The SMILES string of the molecule is CC(C)(C)c1ccc(N2B3c4cc5nc(-c6ccccc6)sc5cc4-n4c5ccc(C(C)(C)C)cc5c5c6c(sc7ccccc76)c(c3c54)-c3cc4c(cc32)-c2ccccc2C4(C)C)cc1. The van der Waals surface area contributed by atoms with E-state index < -0.39 is 0 Å². The Balaban J connectivity index is 1.20. The maximum absolute atomic E-state index is 5.43. The number of thiazole rings is 1. The van der Waals surface area contributed by atoms with Gasteiger partial charge in [0.25, 0.3) is 0 Å². The van der Waals surface area contributed by atoms with Crippen LogP contribution in [0.15, 0.2) is 146 Å². The molecular weight excluding hydrogens is 838 g/mol. The zero-order valence-electron chi connectivity index (χ0n) is 38.6. The second-order valence-electron chi connectivity index (χ2n) is 21.6. The molecule has 0 saturated carbocycles. The normalized spacial score (nSPS) is 14.7. The van der Waals surface area contributed by atoms with Crippen LogP contribution in [0.25, 0.3) is 90.7 Å². The molecule has 66 heavy (non-hydrogen) atoms. The van der Waals surface area contributed by atoms with Crippen LogP contribution < -0.4 is 15.7 Å². The number of hydrogen-bond donors (Lipinski definition) is 0. The fraction of sp³-hybridized carbons (Fsp3) is 0.183. The highest BCUT2D eigenvalue weighted by Gasteiger charge is 2.47. The molecule has 0 fully saturated rings. The first-order chi connectivity index (χ1) is 31.8. The predicted molar refractivity (Wildman–Crippen MR) is 286 cm³/mol. The van der Waals surface area contributed by atoms with E-state index in [1.165, 1.54) is 119 Å². The van der Waals surface area contributed by atoms with Crippen LogP contribution in [0.3, 0.4) is 0 Å². The Morgan fingerprint density at radius 1 is 0.576 bits per heavy atom. The van der Waals surface area contributed by atoms with E-state index in [4.69, 9.17) is 4.98 Å². The summed E-state index contributed by atoms with van der Waals surface area (Å²) in [5, 5.41) is 6.46. The van der Waals surface area contributed by atoms with Gasteiger partial charge in [-0.05, 0) is 110 Å². The van der Waals surface area contributed by atoms with Crippen molar-refractivity contribution in [2.75, 3.05) is 4.81 Å². The molecule has 0 N–H and O–H groups in total. The summed E-state index contributed by atoms with van der Waals surface area (Å²) in [5.41, 5.74) is 21.9. The predicted octanol–water partition coefficient (Wildman–Crippen LogP) is 15.6. The quantitative estimate of drug-likeness (QED) is 0.161. The largest absolute Gasteiger partial charge is 0.376 e. The molecule has 0 spiro atoms. The number of anilines is 2. The number of thiophene rings is 1. The van der Waals surface area contributed by atoms with Gasteiger partial charge in [-0.1, -0.05) is 146 Å². The minimum absolute atomic E-state index is 0.0182. The standard InChI is InChI=1S/C60H48BN3S2/c1-58(2,3)34-22-25-36(26-23-34)64-47-30-39-37-18-12-14-20-42(37)60(7,8)43(39)29-41(47)53-54-55-51(52-38-19-13-15-21-49(38)65-56(52)53)40-28-35(59(4,5)6)24-27-46(40)63(55)48-32-50-45(31-44(48)61(54)64)62-57(66-50)33-16-10-9-11-17-33/h9-32H,1-8H3. The number of hydrogen-bond acceptors (Lipinski definition) is 4. The summed E-state index contributed by atoms with van der Waals surface area (Å²) in [6.07, 6.45) is 0. The van der Waals surface area contributed by atoms with Crippen molar-refractivity contribution in [3.63, 3.8) is 0 Å². The Hall–Kier alpha value is -6.47. The number of nitrogens with zero attached hydrogens (tertiary/aromatic N) is 3. The smallest absolute Gasteiger partial charge is 0.333 e. The van der Waals surface area contributed by atoms with Crippen LogP contribution in [0, 0.1) is 0 Å². The highest BCUT2D eigenvalue weighted by molar-refractivity contribution is 7.27. The Labute approximate surface area is 394 Å². The molecule has 3 aromatic heterocycles. The van der Waals surface area contributed by atoms with Crippen LogP contribution in [0.1, 0.15) is 77.6 Å². The lowest BCUT2D eigenvalue weighted by Crippen LogP contribution is -2.60. The summed E-state index contributed by atoms with van der Waals surface area (Å²) in [4.78, 5) is 8.15. The van der Waals surface area contributed by atoms with Crippen molar-refractivity contribution in [3.8, 4) is 38.5 Å². The average molecular weight is 886 g/mol. The zero-order chi connectivity index (χ0) is 44.8. The summed E-state index contributed by atoms with van der Waals surface area (Å²) in [5.74, 6) is 0. The van der Waals surface area contributed by atoms with Gasteiger partial charge in [0.05, 0.1) is 21.3 Å². The van der Waals surface area contributed by atoms with E-state index in [0.29, 0.717) is 0 Å². The van der Waals surface area contributed by atoms with Gasteiger partial charge in [0.2, 0.25) is 0 Å². The van der Waals surface area contributed by atoms with Crippen molar-refractivity contribution in [2.45, 2.75) is 71.6 Å². The Morgan fingerprint density at radius 2 is 1.30 bits per heavy atom. The Bertz CT molecular complexity index is 3930. The lowest BCUT2D eigenvalue weighted by atomic mass is 9.43. The molecule has 0 atom stereocenters. The topological polar surface area (TPSA) is 21.1 Å². The fourth-order valence-corrected chi connectivity index (χ4v) is 14.2. The van der Waals surface area contributed by atoms with Gasteiger partial charge in [0.15, 0.2) is 0 Å². The molecule has 0 amide bonds. The van der Waals surface area contributed by atoms with Crippen molar-refractivity contribution < 1.29 is 0 Å². The molecule has 6 heteroatoms. The molecule has 0 unspecified atom stereocenters. The van der Waals surface area contributed by atoms with Gasteiger partial charge in [-0.2, -0.15) is 0 Å². The van der Waals surface area contributed by atoms with E-state index in [-0.39, 0.29) is 23.1 Å². The van der Waals surface area contributed by atoms with Crippen molar-refractivity contribution in [2.24, 2.45) is 0 Å². The minimum atomic E-state index is -0.158. The van der Waals surface area contributed by atoms with E-state index in [2.05, 4.69) is 210 Å². The number of fused-ring (bicyclic) bond motifs is 17. The molecule has 14 rings (SSSR count). The van der Waals surface area contributed by atoms with Crippen molar-refractivity contribution in [3.05, 3.63) is 168 Å². The molecule has 2 aliphatic heterocycles. The lowest BCUT2D eigenvalue weighted by molar-refractivity contribution is 0.590. The van der Waals surface area contributed by atoms with Gasteiger partial charge >= 0.3 is 6.85 Å². The number of aromatic nitrogens is 2. The summed E-state index contributed by atoms with van der Waals surface area (Å²) < 4.78 is 6.57. The van der Waals surface area contributed by atoms with Crippen LogP contribution >= 0.6 is 22.7 Å². The van der Waals surface area contributed by atoms with Crippen LogP contribution in [0.2, 0.25) is 0 Å². The minimum Gasteiger partial charge on any atom is -0.376 e. The van der Waals surface area contributed by atoms with Gasteiger partial charge in [0.1, 0.15) is 5.01 Å². The van der Waals surface area contributed by atoms with Crippen LogP contribution in [0.4, 0.5) is 11.4 Å². The first-order valence-corrected chi connectivity index (χ1v) is 25.0. The average Bonchev–Trinajstić information content (AvgIpc) is 4.05. The van der Waals surface area contributed by atoms with E-state index >= 15 is 0 Å². The Kier molecular flexibility index (Phi) is 7.58. The fourth-order valence-electron chi connectivity index (χ4n) is 12.0. The van der Waals surface area contributed by atoms with E-state index in [1.54, 1.807) is 11.3 Å². The summed E-state index contributed by atoms with van der Waals surface area (Å²) in [6.45, 7) is 18.7. The van der Waals surface area contributed by atoms with Crippen LogP contribution in [-0.2, 0) is 16.2 Å². The van der Waals surface area contributed by atoms with Gasteiger partial charge in [0, 0.05) is 70.1 Å². The maximum Gasteiger partial charge on any atom is 0.333 e. The first-order valence-electron chi connectivity index (χ1n) is 23.4. The maximum atomic E-state index is 5.43. The van der Waals surface area contributed by atoms with Crippen molar-refractivity contribution in [1.82, 2.24) is 9.55 Å². The molecule has 8 aromatic carbocycles. The zero-order valence-corrected chi connectivity index (χ0v) is 40.2. The molecule has 5 heterocycles. The highest BCUT2D eigenvalue weighted by atomic mass is 32.1. The molecule has 11 aromatic rings. The van der Waals surface area contributed by atoms with E-state index in [0.717, 1.165) is 16.1 Å². The Morgan fingerprint density at radius 3 is 2.09 bits per heavy atom. The van der Waals surface area contributed by atoms with E-state index in [9.17, 15) is 0 Å². The second kappa shape index (κ2) is 12.9. The highest BCUT2D eigenvalue weighted by Crippen LogP contribution is 2.57. The number of rotatable bonds is 2. The molecule has 318 valence electrons. The van der Waals surface area contributed by atoms with Gasteiger partial charge in [-0.25, -0.2) is 4.98 Å². The van der Waals surface area contributed by atoms with Crippen LogP contribution in [0.5, 0.6) is 0 Å². The first kappa shape index (κ1) is 38.8. The molecule has 0 bridgehead atoms. The third-order valence-corrected chi connectivity index (χ3v) is 17.6. The number of benzene rings is 8. The molecule has 0 saturated heterocycles. The molecule has 3 nitrogen and oxygen atoms in total. The van der Waals surface area contributed by atoms with Gasteiger partial charge < -0.3 is 9.38 Å². The van der Waals surface area contributed by atoms with Crippen molar-refractivity contribution in [1.29, 1.82) is 0 Å². The monoisotopic (exact) mass is 885 g/mol. The molecule has 0 radical (unpaired) electrons. The summed E-state index contributed by atoms with van der Waals surface area (Å²) in [7, 11) is 0. The summed E-state index contributed by atoms with van der Waals surface area (Å²) >= 11 is 3.78. The molecular formula is C60H48BN3S2. The third-order valence-electron chi connectivity index (χ3n) is 15.3. The molecule has 3 aliphatic rings. The van der Waals surface area contributed by atoms with Gasteiger partial charge in [-0.3, -0.25) is 0 Å². The molecule has 1 aliphatic carbocycles. The van der Waals surface area contributed by atoms with Crippen LogP contribution in [-0.4, -0.2) is 16.4 Å². The lowest BCUT2D eigenvalue weighted by Gasteiger charge is -2.43. The van der Waals surface area contributed by atoms with E-state index in [1.807, 2.05) is 11.3 Å². The summed E-state index contributed by atoms with van der Waals surface area (Å²) in [6, 6.07) is 55.9. The second-order valence-corrected chi connectivity index (χ2v) is 23.6. The van der Waals surface area contributed by atoms with Crippen molar-refractivity contribution >= 4 is 104 Å². The van der Waals surface area contributed by atoms with Gasteiger partial charge in [-0.15, -0.1) is 22.7 Å². The third kappa shape index (κ3) is 5.07.